The molecule has 12 rings (SSSR count). The lowest BCUT2D eigenvalue weighted by atomic mass is 9.81. The molecule has 1 aromatic heterocycles. The molecule has 0 N–H and O–H groups in total. The third-order valence-electron chi connectivity index (χ3n) is 13.9. The van der Waals surface area contributed by atoms with Crippen molar-refractivity contribution >= 4 is 39.0 Å². The molecule has 1 heterocycles. The highest BCUT2D eigenvalue weighted by molar-refractivity contribution is 6.09. The lowest BCUT2D eigenvalue weighted by molar-refractivity contribution is 0.659. The van der Waals surface area contributed by atoms with Gasteiger partial charge in [-0.15, -0.1) is 0 Å². The quantitative estimate of drug-likeness (QED) is 0.167. The molecule has 0 amide bonds. The van der Waals surface area contributed by atoms with Crippen molar-refractivity contribution in [3.05, 3.63) is 222 Å². The molecule has 0 spiro atoms. The number of benzene rings is 9. The first-order valence-corrected chi connectivity index (χ1v) is 21.8. The van der Waals surface area contributed by atoms with Gasteiger partial charge in [0.15, 0.2) is 0 Å². The Hall–Kier alpha value is -7.42. The van der Waals surface area contributed by atoms with E-state index in [1.54, 1.807) is 0 Å². The zero-order valence-electron chi connectivity index (χ0n) is 35.4. The van der Waals surface area contributed by atoms with E-state index in [1.165, 1.54) is 72.3 Å². The molecule has 10 aromatic rings. The number of hydrogen-bond acceptors (Lipinski definition) is 2. The Kier molecular flexibility index (Phi) is 7.96. The topological polar surface area (TPSA) is 16.4 Å². The first-order valence-electron chi connectivity index (χ1n) is 21.8. The third kappa shape index (κ3) is 5.43. The van der Waals surface area contributed by atoms with Crippen molar-refractivity contribution < 1.29 is 4.42 Å². The van der Waals surface area contributed by atoms with E-state index in [-0.39, 0.29) is 10.8 Å². The average Bonchev–Trinajstić information content (AvgIpc) is 3.89. The lowest BCUT2D eigenvalue weighted by Crippen LogP contribution is -2.18. The molecule has 62 heavy (non-hydrogen) atoms. The first-order chi connectivity index (χ1) is 30.3. The van der Waals surface area contributed by atoms with Crippen LogP contribution in [0.3, 0.4) is 0 Å². The maximum Gasteiger partial charge on any atom is 0.143 e. The molecular weight excluding hydrogens is 751 g/mol. The van der Waals surface area contributed by atoms with E-state index in [1.807, 2.05) is 6.07 Å². The number of nitrogens with zero attached hydrogens (tertiary/aromatic N) is 1. The third-order valence-corrected chi connectivity index (χ3v) is 13.9. The number of para-hydroxylation sites is 2. The molecule has 9 aromatic carbocycles. The maximum absolute atomic E-state index is 6.51. The minimum absolute atomic E-state index is 0.120. The van der Waals surface area contributed by atoms with Gasteiger partial charge in [0.25, 0.3) is 0 Å². The van der Waals surface area contributed by atoms with Gasteiger partial charge in [-0.05, 0) is 121 Å². The van der Waals surface area contributed by atoms with Gasteiger partial charge in [-0.3, -0.25) is 0 Å². The molecule has 0 bridgehead atoms. The summed E-state index contributed by atoms with van der Waals surface area (Å²) in [7, 11) is 0. The van der Waals surface area contributed by atoms with Crippen LogP contribution in [0.4, 0.5) is 17.1 Å². The first kappa shape index (κ1) is 36.4. The summed E-state index contributed by atoms with van der Waals surface area (Å²) in [6, 6.07) is 73.5. The number of hydrogen-bond donors (Lipinski definition) is 0. The summed E-state index contributed by atoms with van der Waals surface area (Å²) < 4.78 is 6.51. The van der Waals surface area contributed by atoms with E-state index < -0.39 is 0 Å². The summed E-state index contributed by atoms with van der Waals surface area (Å²) in [5.74, 6) is 0. The van der Waals surface area contributed by atoms with Crippen LogP contribution in [0.25, 0.3) is 77.6 Å². The minimum Gasteiger partial charge on any atom is -0.455 e. The summed E-state index contributed by atoms with van der Waals surface area (Å²) >= 11 is 0. The normalized spacial score (nSPS) is 14.1. The Morgan fingerprint density at radius 2 is 0.790 bits per heavy atom. The smallest absolute Gasteiger partial charge is 0.143 e. The van der Waals surface area contributed by atoms with Gasteiger partial charge in [0, 0.05) is 44.2 Å². The molecule has 0 saturated heterocycles. The highest BCUT2D eigenvalue weighted by atomic mass is 16.3. The Labute approximate surface area is 363 Å². The number of fused-ring (bicyclic) bond motifs is 9. The van der Waals surface area contributed by atoms with Crippen molar-refractivity contribution in [1.82, 2.24) is 0 Å². The van der Waals surface area contributed by atoms with E-state index in [2.05, 4.69) is 227 Å². The number of anilines is 3. The van der Waals surface area contributed by atoms with Gasteiger partial charge in [0.1, 0.15) is 11.2 Å². The van der Waals surface area contributed by atoms with Crippen LogP contribution in [0.5, 0.6) is 0 Å². The van der Waals surface area contributed by atoms with Crippen LogP contribution in [-0.4, -0.2) is 0 Å². The molecule has 0 fully saturated rings. The second-order valence-corrected chi connectivity index (χ2v) is 18.1. The zero-order valence-corrected chi connectivity index (χ0v) is 35.4. The Morgan fingerprint density at radius 1 is 0.323 bits per heavy atom. The number of rotatable bonds is 6. The van der Waals surface area contributed by atoms with Crippen LogP contribution in [0.15, 0.2) is 205 Å². The highest BCUT2D eigenvalue weighted by Gasteiger charge is 2.38. The minimum atomic E-state index is -0.239. The molecule has 2 aliphatic rings. The SMILES string of the molecule is CC1(C)c2ccccc2-c2ccc(N(c3ccc(-c4ccccc4-c4ccccc4)cc3)c3ccc4c(c3)C(C)(C)c3cc(-c5cccc6c5oc5ccccc56)ccc3-4)cc21. The van der Waals surface area contributed by atoms with Crippen molar-refractivity contribution in [2.45, 2.75) is 38.5 Å². The monoisotopic (exact) mass is 795 g/mol. The lowest BCUT2D eigenvalue weighted by Gasteiger charge is -2.30. The predicted octanol–water partition coefficient (Wildman–Crippen LogP) is 16.7. The van der Waals surface area contributed by atoms with E-state index in [4.69, 9.17) is 4.42 Å². The summed E-state index contributed by atoms with van der Waals surface area (Å²) in [6.07, 6.45) is 0. The van der Waals surface area contributed by atoms with Gasteiger partial charge in [-0.1, -0.05) is 179 Å². The van der Waals surface area contributed by atoms with Gasteiger partial charge in [0.2, 0.25) is 0 Å². The Bertz CT molecular complexity index is 3400. The van der Waals surface area contributed by atoms with Crippen molar-refractivity contribution in [3.63, 3.8) is 0 Å². The maximum atomic E-state index is 6.51. The fourth-order valence-corrected chi connectivity index (χ4v) is 10.7. The van der Waals surface area contributed by atoms with Gasteiger partial charge < -0.3 is 9.32 Å². The van der Waals surface area contributed by atoms with Gasteiger partial charge in [-0.25, -0.2) is 0 Å². The van der Waals surface area contributed by atoms with E-state index in [0.717, 1.165) is 44.6 Å². The van der Waals surface area contributed by atoms with Crippen molar-refractivity contribution in [2.75, 3.05) is 4.90 Å². The summed E-state index contributed by atoms with van der Waals surface area (Å²) in [6.45, 7) is 9.49. The molecule has 2 heteroatoms. The van der Waals surface area contributed by atoms with Crippen LogP contribution in [0.1, 0.15) is 49.9 Å². The summed E-state index contributed by atoms with van der Waals surface area (Å²) in [5, 5.41) is 2.30. The number of furan rings is 1. The van der Waals surface area contributed by atoms with Crippen LogP contribution in [0.2, 0.25) is 0 Å². The van der Waals surface area contributed by atoms with Crippen LogP contribution in [0, 0.1) is 0 Å². The van der Waals surface area contributed by atoms with E-state index in [0.29, 0.717) is 0 Å². The standard InChI is InChI=1S/C60H45NO/c1-59(2)53-23-12-10-19-47(53)49-33-30-42(36-55(49)59)61(41-28-25-39(26-29-41)45-18-9-8-17-44(45)38-15-6-5-7-16-38)43-31-34-50-48-32-27-40(35-54(48)60(3,4)56(50)37-43)46-21-14-22-52-51-20-11-13-24-57(51)62-58(46)52/h5-37H,1-4H3. The van der Waals surface area contributed by atoms with E-state index in [9.17, 15) is 0 Å². The molecular formula is C60H45NO. The Morgan fingerprint density at radius 3 is 1.48 bits per heavy atom. The average molecular weight is 796 g/mol. The summed E-state index contributed by atoms with van der Waals surface area (Å²) in [4.78, 5) is 2.46. The fraction of sp³-hybridized carbons (Fsp3) is 0.100. The molecule has 296 valence electrons. The largest absolute Gasteiger partial charge is 0.455 e. The summed E-state index contributed by atoms with van der Waals surface area (Å²) in [5.41, 5.74) is 22.7. The van der Waals surface area contributed by atoms with E-state index >= 15 is 0 Å². The van der Waals surface area contributed by atoms with Crippen molar-refractivity contribution in [1.29, 1.82) is 0 Å². The molecule has 2 aliphatic carbocycles. The molecule has 0 radical (unpaired) electrons. The molecule has 0 saturated carbocycles. The fourth-order valence-electron chi connectivity index (χ4n) is 10.7. The van der Waals surface area contributed by atoms with Crippen molar-refractivity contribution in [2.24, 2.45) is 0 Å². The molecule has 0 atom stereocenters. The second kappa shape index (κ2) is 13.5. The van der Waals surface area contributed by atoms with Crippen LogP contribution < -0.4 is 4.90 Å². The van der Waals surface area contributed by atoms with Crippen LogP contribution >= 0.6 is 0 Å². The van der Waals surface area contributed by atoms with Crippen LogP contribution in [-0.2, 0) is 10.8 Å². The molecule has 2 nitrogen and oxygen atoms in total. The van der Waals surface area contributed by atoms with Crippen molar-refractivity contribution in [3.8, 4) is 55.6 Å². The predicted molar refractivity (Wildman–Crippen MR) is 260 cm³/mol. The highest BCUT2D eigenvalue weighted by Crippen LogP contribution is 2.54. The van der Waals surface area contributed by atoms with Gasteiger partial charge in [-0.2, -0.15) is 0 Å². The molecule has 0 aliphatic heterocycles. The zero-order chi connectivity index (χ0) is 41.7. The van der Waals surface area contributed by atoms with Gasteiger partial charge >= 0.3 is 0 Å². The Balaban J connectivity index is 0.978. The second-order valence-electron chi connectivity index (χ2n) is 18.1. The van der Waals surface area contributed by atoms with Gasteiger partial charge in [0.05, 0.1) is 0 Å². The molecule has 0 unspecified atom stereocenters.